The second kappa shape index (κ2) is 7.90. The van der Waals surface area contributed by atoms with Gasteiger partial charge in [0.05, 0.1) is 6.20 Å². The summed E-state index contributed by atoms with van der Waals surface area (Å²) in [5.74, 6) is 0.243. The van der Waals surface area contributed by atoms with Crippen molar-refractivity contribution in [3.63, 3.8) is 0 Å². The molecule has 3 rings (SSSR count). The maximum absolute atomic E-state index is 12.6. The molecule has 3 aromatic rings. The van der Waals surface area contributed by atoms with E-state index in [0.29, 0.717) is 0 Å². The van der Waals surface area contributed by atoms with Crippen LogP contribution >= 0.6 is 0 Å². The summed E-state index contributed by atoms with van der Waals surface area (Å²) in [5, 5.41) is 1.95. The molecular formula is C20H16F3N3O. The van der Waals surface area contributed by atoms with E-state index in [1.807, 2.05) is 24.3 Å². The molecule has 2 N–H and O–H groups in total. The maximum Gasteiger partial charge on any atom is 0.433 e. The fraction of sp³-hybridized carbons (Fsp3) is 0.100. The van der Waals surface area contributed by atoms with E-state index in [2.05, 4.69) is 9.97 Å². The lowest BCUT2D eigenvalue weighted by molar-refractivity contribution is -0.141. The van der Waals surface area contributed by atoms with E-state index in [1.54, 1.807) is 24.5 Å². The molecule has 0 radical (unpaired) electrons. The van der Waals surface area contributed by atoms with Crippen molar-refractivity contribution in [3.8, 4) is 5.75 Å². The fourth-order valence-corrected chi connectivity index (χ4v) is 2.58. The van der Waals surface area contributed by atoms with Crippen LogP contribution in [-0.4, -0.2) is 16.6 Å². The van der Waals surface area contributed by atoms with Gasteiger partial charge in [0.15, 0.2) is 0 Å². The van der Waals surface area contributed by atoms with Gasteiger partial charge in [-0.1, -0.05) is 24.3 Å². The first-order valence-corrected chi connectivity index (χ1v) is 8.05. The van der Waals surface area contributed by atoms with Crippen molar-refractivity contribution in [2.24, 2.45) is 5.73 Å². The van der Waals surface area contributed by atoms with Gasteiger partial charge in [0.1, 0.15) is 18.1 Å². The van der Waals surface area contributed by atoms with Crippen molar-refractivity contribution in [1.29, 1.82) is 0 Å². The number of hydrogen-bond donors (Lipinski definition) is 1. The van der Waals surface area contributed by atoms with Crippen LogP contribution in [0.3, 0.4) is 0 Å². The van der Waals surface area contributed by atoms with Crippen molar-refractivity contribution >= 4 is 16.3 Å². The van der Waals surface area contributed by atoms with E-state index in [9.17, 15) is 13.2 Å². The van der Waals surface area contributed by atoms with Gasteiger partial charge >= 0.3 is 6.18 Å². The van der Waals surface area contributed by atoms with E-state index in [1.165, 1.54) is 12.3 Å². The van der Waals surface area contributed by atoms with Crippen LogP contribution in [0.5, 0.6) is 5.75 Å². The fourth-order valence-electron chi connectivity index (χ4n) is 2.58. The van der Waals surface area contributed by atoms with Gasteiger partial charge in [-0.3, -0.25) is 4.98 Å². The van der Waals surface area contributed by atoms with Gasteiger partial charge in [0.2, 0.25) is 0 Å². The Labute approximate surface area is 153 Å². The molecule has 0 spiro atoms. The van der Waals surface area contributed by atoms with E-state index < -0.39 is 11.9 Å². The highest BCUT2D eigenvalue weighted by Gasteiger charge is 2.32. The number of hydrogen-bond acceptors (Lipinski definition) is 4. The molecule has 138 valence electrons. The molecule has 0 unspecified atom stereocenters. The highest BCUT2D eigenvalue weighted by atomic mass is 19.4. The lowest BCUT2D eigenvalue weighted by Crippen LogP contribution is -2.08. The third-order valence-electron chi connectivity index (χ3n) is 3.86. The molecule has 7 heteroatoms. The van der Waals surface area contributed by atoms with Crippen LogP contribution in [0.1, 0.15) is 11.3 Å². The second-order valence-electron chi connectivity index (χ2n) is 5.64. The molecular weight excluding hydrogens is 355 g/mol. The van der Waals surface area contributed by atoms with Crippen LogP contribution in [-0.2, 0) is 6.18 Å². The molecule has 0 saturated carbocycles. The van der Waals surface area contributed by atoms with Crippen molar-refractivity contribution in [3.05, 3.63) is 84.6 Å². The van der Waals surface area contributed by atoms with Crippen molar-refractivity contribution in [1.82, 2.24) is 9.97 Å². The molecule has 0 aliphatic rings. The summed E-state index contributed by atoms with van der Waals surface area (Å²) in [5.41, 5.74) is 6.22. The summed E-state index contributed by atoms with van der Waals surface area (Å²) in [6, 6.07) is 9.82. The van der Waals surface area contributed by atoms with Gasteiger partial charge in [0.25, 0.3) is 0 Å². The van der Waals surface area contributed by atoms with Gasteiger partial charge in [-0.05, 0) is 47.0 Å². The molecule has 27 heavy (non-hydrogen) atoms. The van der Waals surface area contributed by atoms with Gasteiger partial charge in [-0.2, -0.15) is 13.2 Å². The third-order valence-corrected chi connectivity index (χ3v) is 3.86. The predicted octanol–water partition coefficient (Wildman–Crippen LogP) is 4.58. The molecule has 4 nitrogen and oxygen atoms in total. The van der Waals surface area contributed by atoms with Crippen LogP contribution in [0.2, 0.25) is 0 Å². The Morgan fingerprint density at radius 3 is 2.67 bits per heavy atom. The number of ether oxygens (including phenoxy) is 1. The highest BCUT2D eigenvalue weighted by Crippen LogP contribution is 2.29. The van der Waals surface area contributed by atoms with E-state index in [4.69, 9.17) is 10.5 Å². The Balaban J connectivity index is 1.86. The lowest BCUT2D eigenvalue weighted by atomic mass is 9.99. The summed E-state index contributed by atoms with van der Waals surface area (Å²) in [6.45, 7) is 0.138. The van der Waals surface area contributed by atoms with Gasteiger partial charge in [0, 0.05) is 17.8 Å². The third kappa shape index (κ3) is 4.44. The molecule has 2 heterocycles. The smallest absolute Gasteiger partial charge is 0.433 e. The number of allylic oxidation sites excluding steroid dienone is 2. The van der Waals surface area contributed by atoms with Crippen molar-refractivity contribution < 1.29 is 17.9 Å². The number of aromatic nitrogens is 2. The van der Waals surface area contributed by atoms with Gasteiger partial charge in [-0.25, -0.2) is 4.98 Å². The molecule has 0 amide bonds. The number of fused-ring (bicyclic) bond motifs is 1. The first-order chi connectivity index (χ1) is 13.0. The normalized spacial score (nSPS) is 12.6. The molecule has 0 fully saturated rings. The standard InChI is InChI=1S/C20H16F3N3O/c21-20(22,23)19-7-6-16(12-26-19)27-13-15(4-2-9-24)17-5-1-3-14-11-25-10-8-18(14)17/h1-12H,13,24H2/b9-2-,15-4+. The summed E-state index contributed by atoms with van der Waals surface area (Å²) in [7, 11) is 0. The number of nitrogens with zero attached hydrogens (tertiary/aromatic N) is 2. The number of halogens is 3. The molecule has 1 aromatic carbocycles. The molecule has 0 atom stereocenters. The van der Waals surface area contributed by atoms with Crippen LogP contribution < -0.4 is 10.5 Å². The quantitative estimate of drug-likeness (QED) is 0.667. The topological polar surface area (TPSA) is 61.0 Å². The monoisotopic (exact) mass is 371 g/mol. The summed E-state index contributed by atoms with van der Waals surface area (Å²) < 4.78 is 43.5. The Hall–Kier alpha value is -3.35. The molecule has 2 aromatic heterocycles. The maximum atomic E-state index is 12.6. The summed E-state index contributed by atoms with van der Waals surface area (Å²) >= 11 is 0. The number of pyridine rings is 2. The molecule has 0 aliphatic carbocycles. The van der Waals surface area contributed by atoms with Crippen LogP contribution in [0.4, 0.5) is 13.2 Å². The highest BCUT2D eigenvalue weighted by molar-refractivity contribution is 5.93. The Morgan fingerprint density at radius 2 is 1.96 bits per heavy atom. The van der Waals surface area contributed by atoms with Crippen molar-refractivity contribution in [2.75, 3.05) is 6.61 Å². The minimum Gasteiger partial charge on any atom is -0.487 e. The zero-order valence-corrected chi connectivity index (χ0v) is 14.1. The summed E-state index contributed by atoms with van der Waals surface area (Å²) in [6.07, 6.45) is 4.90. The average molecular weight is 371 g/mol. The first-order valence-electron chi connectivity index (χ1n) is 8.05. The van der Waals surface area contributed by atoms with Crippen LogP contribution in [0, 0.1) is 0 Å². The lowest BCUT2D eigenvalue weighted by Gasteiger charge is -2.13. The van der Waals surface area contributed by atoms with Crippen LogP contribution in [0.25, 0.3) is 16.3 Å². The number of rotatable bonds is 5. The van der Waals surface area contributed by atoms with E-state index in [0.717, 1.165) is 34.2 Å². The number of alkyl halides is 3. The van der Waals surface area contributed by atoms with Gasteiger partial charge in [-0.15, -0.1) is 0 Å². The Kier molecular flexibility index (Phi) is 5.40. The zero-order chi connectivity index (χ0) is 19.3. The van der Waals surface area contributed by atoms with Crippen molar-refractivity contribution in [2.45, 2.75) is 6.18 Å². The minimum atomic E-state index is -4.48. The summed E-state index contributed by atoms with van der Waals surface area (Å²) in [4.78, 5) is 7.51. The van der Waals surface area contributed by atoms with E-state index in [-0.39, 0.29) is 12.4 Å². The predicted molar refractivity (Wildman–Crippen MR) is 97.8 cm³/mol. The first kappa shape index (κ1) is 18.4. The van der Waals surface area contributed by atoms with Crippen LogP contribution in [0.15, 0.2) is 73.3 Å². The average Bonchev–Trinajstić information content (AvgIpc) is 2.67. The minimum absolute atomic E-state index is 0.138. The SMILES string of the molecule is N/C=C\C=C(/COc1ccc(C(F)(F)F)nc1)c1cccc2cnccc12. The van der Waals surface area contributed by atoms with E-state index >= 15 is 0 Å². The molecule has 0 bridgehead atoms. The number of nitrogens with two attached hydrogens (primary N) is 1. The molecule has 0 saturated heterocycles. The zero-order valence-electron chi connectivity index (χ0n) is 14.1. The molecule has 0 aliphatic heterocycles. The largest absolute Gasteiger partial charge is 0.487 e. The Morgan fingerprint density at radius 1 is 1.11 bits per heavy atom. The van der Waals surface area contributed by atoms with Gasteiger partial charge < -0.3 is 10.5 Å². The number of benzene rings is 1. The second-order valence-corrected chi connectivity index (χ2v) is 5.64. The Bertz CT molecular complexity index is 974.